The number of ether oxygens (including phenoxy) is 2. The Hall–Kier alpha value is -2.98. The summed E-state index contributed by atoms with van der Waals surface area (Å²) in [6.45, 7) is 1.99. The quantitative estimate of drug-likeness (QED) is 0.625. The summed E-state index contributed by atoms with van der Waals surface area (Å²) >= 11 is 0. The van der Waals surface area contributed by atoms with Crippen LogP contribution >= 0.6 is 0 Å². The first kappa shape index (κ1) is 22.7. The fraction of sp³-hybridized carbons (Fsp3) is 0.333. The van der Waals surface area contributed by atoms with Crippen molar-refractivity contribution >= 4 is 21.9 Å². The van der Waals surface area contributed by atoms with Gasteiger partial charge in [-0.15, -0.1) is 0 Å². The molecule has 10 heteroatoms. The number of hydrogen-bond donors (Lipinski definition) is 0. The first-order valence-corrected chi connectivity index (χ1v) is 11.1. The first-order valence-electron chi connectivity index (χ1n) is 9.62. The maximum Gasteiger partial charge on any atom is 0.342 e. The van der Waals surface area contributed by atoms with Gasteiger partial charge in [0.25, 0.3) is 5.91 Å². The number of hydrogen-bond acceptors (Lipinski definition) is 6. The van der Waals surface area contributed by atoms with Crippen LogP contribution in [-0.4, -0.2) is 68.9 Å². The molecule has 2 aromatic carbocycles. The van der Waals surface area contributed by atoms with Gasteiger partial charge in [0.15, 0.2) is 6.10 Å². The van der Waals surface area contributed by atoms with Gasteiger partial charge in [0.1, 0.15) is 17.1 Å². The Kier molecular flexibility index (Phi) is 6.91. The van der Waals surface area contributed by atoms with Crippen LogP contribution in [0.4, 0.5) is 4.39 Å². The molecule has 1 amide bonds. The maximum absolute atomic E-state index is 13.5. The zero-order chi connectivity index (χ0) is 22.6. The van der Waals surface area contributed by atoms with Crippen molar-refractivity contribution in [1.82, 2.24) is 9.21 Å². The summed E-state index contributed by atoms with van der Waals surface area (Å²) < 4.78 is 50.4. The minimum absolute atomic E-state index is 0.124. The van der Waals surface area contributed by atoms with Gasteiger partial charge in [-0.2, -0.15) is 4.31 Å². The molecular formula is C21H23FN2O6S. The van der Waals surface area contributed by atoms with Crippen molar-refractivity contribution < 1.29 is 31.9 Å². The Balaban J connectivity index is 1.60. The summed E-state index contributed by atoms with van der Waals surface area (Å²) in [4.78, 5) is 26.7. The number of sulfonamides is 1. The fourth-order valence-corrected chi connectivity index (χ4v) is 4.70. The zero-order valence-electron chi connectivity index (χ0n) is 17.2. The number of benzene rings is 2. The van der Waals surface area contributed by atoms with Crippen molar-refractivity contribution in [2.75, 3.05) is 33.3 Å². The van der Waals surface area contributed by atoms with E-state index in [1.54, 1.807) is 18.2 Å². The van der Waals surface area contributed by atoms with E-state index in [0.29, 0.717) is 0 Å². The number of amides is 1. The molecule has 0 saturated carbocycles. The molecule has 1 aliphatic rings. The highest BCUT2D eigenvalue weighted by atomic mass is 32.2. The summed E-state index contributed by atoms with van der Waals surface area (Å²) in [5, 5.41) is 0. The summed E-state index contributed by atoms with van der Waals surface area (Å²) in [5.41, 5.74) is -0.124. The highest BCUT2D eigenvalue weighted by Gasteiger charge is 2.32. The fourth-order valence-electron chi connectivity index (χ4n) is 3.26. The van der Waals surface area contributed by atoms with Gasteiger partial charge >= 0.3 is 5.97 Å². The average Bonchev–Trinajstić information content (AvgIpc) is 2.79. The van der Waals surface area contributed by atoms with Crippen LogP contribution in [-0.2, 0) is 19.6 Å². The van der Waals surface area contributed by atoms with E-state index in [-0.39, 0.29) is 42.4 Å². The standard InChI is InChI=1S/C21H23FN2O6S/c1-15(30-21(26)18-14-16(22)8-9-19(18)29-2)20(25)23-10-12-24(13-11-23)31(27,28)17-6-4-3-5-7-17/h3-9,14-15H,10-13H2,1-2H3/t15-/m1/s1. The molecule has 0 aromatic heterocycles. The third kappa shape index (κ3) is 5.02. The molecule has 2 aromatic rings. The lowest BCUT2D eigenvalue weighted by Crippen LogP contribution is -2.52. The van der Waals surface area contributed by atoms with Gasteiger partial charge in [0.05, 0.1) is 12.0 Å². The predicted molar refractivity (Wildman–Crippen MR) is 110 cm³/mol. The van der Waals surface area contributed by atoms with Crippen LogP contribution in [0, 0.1) is 5.82 Å². The van der Waals surface area contributed by atoms with Crippen LogP contribution in [0.5, 0.6) is 5.75 Å². The number of methoxy groups -OCH3 is 1. The highest BCUT2D eigenvalue weighted by molar-refractivity contribution is 7.89. The molecule has 0 N–H and O–H groups in total. The number of carbonyl (C=O) groups excluding carboxylic acids is 2. The summed E-state index contributed by atoms with van der Waals surface area (Å²) in [6, 6.07) is 11.5. The molecule has 1 atom stereocenters. The molecule has 3 rings (SSSR count). The minimum Gasteiger partial charge on any atom is -0.496 e. The Morgan fingerprint density at radius 3 is 2.29 bits per heavy atom. The number of esters is 1. The lowest BCUT2D eigenvalue weighted by Gasteiger charge is -2.35. The number of carbonyl (C=O) groups is 2. The predicted octanol–water partition coefficient (Wildman–Crippen LogP) is 1.91. The van der Waals surface area contributed by atoms with Crippen LogP contribution in [0.15, 0.2) is 53.4 Å². The van der Waals surface area contributed by atoms with Gasteiger partial charge in [-0.3, -0.25) is 4.79 Å². The number of rotatable bonds is 6. The lowest BCUT2D eigenvalue weighted by atomic mass is 10.2. The van der Waals surface area contributed by atoms with Crippen molar-refractivity contribution in [3.05, 3.63) is 59.9 Å². The second-order valence-corrected chi connectivity index (χ2v) is 8.87. The normalized spacial score (nSPS) is 15.9. The first-order chi connectivity index (χ1) is 14.7. The maximum atomic E-state index is 13.5. The van der Waals surface area contributed by atoms with Gasteiger partial charge in [-0.25, -0.2) is 17.6 Å². The third-order valence-corrected chi connectivity index (χ3v) is 6.86. The smallest absolute Gasteiger partial charge is 0.342 e. The zero-order valence-corrected chi connectivity index (χ0v) is 18.0. The number of piperazine rings is 1. The molecule has 1 aliphatic heterocycles. The lowest BCUT2D eigenvalue weighted by molar-refractivity contribution is -0.141. The largest absolute Gasteiger partial charge is 0.496 e. The molecule has 0 unspecified atom stereocenters. The van der Waals surface area contributed by atoms with Gasteiger partial charge < -0.3 is 14.4 Å². The molecule has 0 bridgehead atoms. The average molecular weight is 450 g/mol. The Bertz CT molecular complexity index is 1050. The SMILES string of the molecule is COc1ccc(F)cc1C(=O)O[C@H](C)C(=O)N1CCN(S(=O)(=O)c2ccccc2)CC1. The van der Waals surface area contributed by atoms with E-state index in [1.807, 2.05) is 0 Å². The van der Waals surface area contributed by atoms with Gasteiger partial charge in [0.2, 0.25) is 10.0 Å². The van der Waals surface area contributed by atoms with E-state index in [1.165, 1.54) is 41.4 Å². The number of halogens is 1. The van der Waals surface area contributed by atoms with E-state index >= 15 is 0 Å². The van der Waals surface area contributed by atoms with Crippen LogP contribution < -0.4 is 4.74 Å². The summed E-state index contributed by atoms with van der Waals surface area (Å²) in [6.07, 6.45) is -1.13. The van der Waals surface area contributed by atoms with Crippen LogP contribution in [0.1, 0.15) is 17.3 Å². The van der Waals surface area contributed by atoms with Crippen LogP contribution in [0.25, 0.3) is 0 Å². The Labute approximate surface area is 180 Å². The molecule has 31 heavy (non-hydrogen) atoms. The van der Waals surface area contributed by atoms with Gasteiger partial charge in [0, 0.05) is 26.2 Å². The monoisotopic (exact) mass is 450 g/mol. The van der Waals surface area contributed by atoms with Crippen LogP contribution in [0.3, 0.4) is 0 Å². The highest BCUT2D eigenvalue weighted by Crippen LogP contribution is 2.22. The van der Waals surface area contributed by atoms with E-state index in [2.05, 4.69) is 0 Å². The molecule has 166 valence electrons. The topological polar surface area (TPSA) is 93.2 Å². The second kappa shape index (κ2) is 9.44. The Morgan fingerprint density at radius 2 is 1.68 bits per heavy atom. The molecule has 1 heterocycles. The minimum atomic E-state index is -3.64. The van der Waals surface area contributed by atoms with Crippen molar-refractivity contribution in [3.63, 3.8) is 0 Å². The number of nitrogens with zero attached hydrogens (tertiary/aromatic N) is 2. The van der Waals surface area contributed by atoms with Gasteiger partial charge in [-0.1, -0.05) is 18.2 Å². The Morgan fingerprint density at radius 1 is 1.03 bits per heavy atom. The van der Waals surface area contributed by atoms with Crippen molar-refractivity contribution in [2.45, 2.75) is 17.9 Å². The second-order valence-electron chi connectivity index (χ2n) is 6.93. The van der Waals surface area contributed by atoms with Crippen molar-refractivity contribution in [2.24, 2.45) is 0 Å². The van der Waals surface area contributed by atoms with E-state index < -0.39 is 33.8 Å². The molecule has 1 saturated heterocycles. The third-order valence-electron chi connectivity index (χ3n) is 4.94. The van der Waals surface area contributed by atoms with Gasteiger partial charge in [-0.05, 0) is 37.3 Å². The molecule has 0 radical (unpaired) electrons. The van der Waals surface area contributed by atoms with Crippen molar-refractivity contribution in [3.8, 4) is 5.75 Å². The van der Waals surface area contributed by atoms with E-state index in [0.717, 1.165) is 12.1 Å². The molecule has 1 fully saturated rings. The molecule has 0 spiro atoms. The summed E-state index contributed by atoms with van der Waals surface area (Å²) in [7, 11) is -2.30. The molecule has 8 nitrogen and oxygen atoms in total. The molecule has 0 aliphatic carbocycles. The molecular weight excluding hydrogens is 427 g/mol. The van der Waals surface area contributed by atoms with E-state index in [9.17, 15) is 22.4 Å². The van der Waals surface area contributed by atoms with Crippen LogP contribution in [0.2, 0.25) is 0 Å². The van der Waals surface area contributed by atoms with E-state index in [4.69, 9.17) is 9.47 Å². The summed E-state index contributed by atoms with van der Waals surface area (Å²) in [5.74, 6) is -1.85. The van der Waals surface area contributed by atoms with Crippen molar-refractivity contribution in [1.29, 1.82) is 0 Å².